The van der Waals surface area contributed by atoms with E-state index in [0.717, 1.165) is 18.4 Å². The Morgan fingerprint density at radius 3 is 2.49 bits per heavy atom. The van der Waals surface area contributed by atoms with Crippen molar-refractivity contribution >= 4 is 39.2 Å². The van der Waals surface area contributed by atoms with Crippen LogP contribution in [0, 0.1) is 0 Å². The van der Waals surface area contributed by atoms with Crippen molar-refractivity contribution in [1.82, 2.24) is 5.32 Å². The van der Waals surface area contributed by atoms with Crippen molar-refractivity contribution in [1.29, 1.82) is 0 Å². The van der Waals surface area contributed by atoms with Crippen LogP contribution in [0.3, 0.4) is 0 Å². The van der Waals surface area contributed by atoms with Gasteiger partial charge in [-0.1, -0.05) is 30.3 Å². The number of hydrogen-bond acceptors (Lipinski definition) is 7. The molecule has 1 fully saturated rings. The van der Waals surface area contributed by atoms with E-state index >= 15 is 0 Å². The number of methoxy groups -OCH3 is 1. The summed E-state index contributed by atoms with van der Waals surface area (Å²) in [7, 11) is -2.63. The van der Waals surface area contributed by atoms with Crippen LogP contribution in [0.2, 0.25) is 0 Å². The van der Waals surface area contributed by atoms with Gasteiger partial charge in [-0.15, -0.1) is 0 Å². The molecule has 2 N–H and O–H groups in total. The third-order valence-electron chi connectivity index (χ3n) is 6.52. The summed E-state index contributed by atoms with van der Waals surface area (Å²) >= 11 is 0. The van der Waals surface area contributed by atoms with E-state index in [1.807, 2.05) is 12.1 Å². The van der Waals surface area contributed by atoms with E-state index in [0.29, 0.717) is 17.7 Å². The van der Waals surface area contributed by atoms with Gasteiger partial charge < -0.3 is 20.1 Å². The summed E-state index contributed by atoms with van der Waals surface area (Å²) in [5.41, 5.74) is 1.97. The van der Waals surface area contributed by atoms with Crippen molar-refractivity contribution in [2.24, 2.45) is 0 Å². The lowest BCUT2D eigenvalue weighted by Crippen LogP contribution is -2.29. The molecule has 0 bridgehead atoms. The lowest BCUT2D eigenvalue weighted by Gasteiger charge is -2.20. The quantitative estimate of drug-likeness (QED) is 0.392. The fourth-order valence-corrected chi connectivity index (χ4v) is 5.90. The second-order valence-electron chi connectivity index (χ2n) is 9.24. The van der Waals surface area contributed by atoms with Gasteiger partial charge in [0.25, 0.3) is 21.8 Å². The lowest BCUT2D eigenvalue weighted by atomic mass is 10.1. The van der Waals surface area contributed by atoms with Crippen LogP contribution >= 0.6 is 0 Å². The number of esters is 1. The molecule has 1 heterocycles. The molecule has 0 saturated heterocycles. The summed E-state index contributed by atoms with van der Waals surface area (Å²) in [6, 6.07) is 17.9. The molecular formula is C28H27N3O7S. The number of carbonyl (C=O) groups excluding carboxylic acids is 3. The third-order valence-corrected chi connectivity index (χ3v) is 8.33. The zero-order valence-electron chi connectivity index (χ0n) is 21.2. The zero-order valence-corrected chi connectivity index (χ0v) is 22.0. The molecule has 0 aromatic heterocycles. The van der Waals surface area contributed by atoms with Gasteiger partial charge in [0.15, 0.2) is 6.61 Å². The summed E-state index contributed by atoms with van der Waals surface area (Å²) in [6.07, 6.45) is 2.43. The number of fused-ring (bicyclic) bond motifs is 1. The highest BCUT2D eigenvalue weighted by molar-refractivity contribution is 7.92. The fraction of sp³-hybridized carbons (Fsp3) is 0.250. The van der Waals surface area contributed by atoms with Crippen LogP contribution in [0.25, 0.3) is 0 Å². The van der Waals surface area contributed by atoms with E-state index < -0.39 is 28.5 Å². The van der Waals surface area contributed by atoms with Crippen molar-refractivity contribution in [3.63, 3.8) is 0 Å². The van der Waals surface area contributed by atoms with Gasteiger partial charge in [0.05, 0.1) is 28.9 Å². The monoisotopic (exact) mass is 549 g/mol. The predicted octanol–water partition coefficient (Wildman–Crippen LogP) is 3.13. The van der Waals surface area contributed by atoms with Crippen LogP contribution in [0.1, 0.15) is 39.1 Å². The molecule has 1 aliphatic carbocycles. The third kappa shape index (κ3) is 5.58. The molecule has 3 aromatic carbocycles. The molecule has 0 radical (unpaired) electrons. The SMILES string of the molecule is COc1ccc(S(=O)(=O)N2CCc3ccccc32)cc1C(=O)OCC(=O)Nc1ccccc1C(=O)NC1CC1. The summed E-state index contributed by atoms with van der Waals surface area (Å²) < 4.78 is 38.6. The first-order valence-corrected chi connectivity index (χ1v) is 13.9. The van der Waals surface area contributed by atoms with Gasteiger partial charge in [0, 0.05) is 12.6 Å². The number of anilines is 2. The molecule has 11 heteroatoms. The largest absolute Gasteiger partial charge is 0.496 e. The lowest BCUT2D eigenvalue weighted by molar-refractivity contribution is -0.119. The van der Waals surface area contributed by atoms with Gasteiger partial charge in [0.2, 0.25) is 0 Å². The Bertz CT molecular complexity index is 1550. The summed E-state index contributed by atoms with van der Waals surface area (Å²) in [6.45, 7) is -0.370. The average molecular weight is 550 g/mol. The molecule has 0 unspecified atom stereocenters. The molecule has 0 spiro atoms. The van der Waals surface area contributed by atoms with Gasteiger partial charge in [0.1, 0.15) is 11.3 Å². The van der Waals surface area contributed by atoms with E-state index in [1.54, 1.807) is 36.4 Å². The van der Waals surface area contributed by atoms with Crippen molar-refractivity contribution < 1.29 is 32.3 Å². The summed E-state index contributed by atoms with van der Waals surface area (Å²) in [4.78, 5) is 37.9. The average Bonchev–Trinajstić information content (AvgIpc) is 3.65. The number of sulfonamides is 1. The number of para-hydroxylation sites is 2. The van der Waals surface area contributed by atoms with Crippen LogP contribution in [0.15, 0.2) is 71.6 Å². The number of amides is 2. The van der Waals surface area contributed by atoms with E-state index in [-0.39, 0.29) is 40.4 Å². The number of hydrogen-bond donors (Lipinski definition) is 2. The maximum atomic E-state index is 13.4. The first-order chi connectivity index (χ1) is 18.8. The Hall–Kier alpha value is -4.38. The molecule has 1 saturated carbocycles. The maximum Gasteiger partial charge on any atom is 0.342 e. The van der Waals surface area contributed by atoms with Gasteiger partial charge >= 0.3 is 5.97 Å². The minimum atomic E-state index is -3.97. The van der Waals surface area contributed by atoms with E-state index in [9.17, 15) is 22.8 Å². The molecular weight excluding hydrogens is 522 g/mol. The van der Waals surface area contributed by atoms with Crippen LogP contribution in [0.5, 0.6) is 5.75 Å². The number of benzene rings is 3. The standard InChI is InChI=1S/C28H27N3O7S/c1-37-25-13-12-20(39(35,36)31-15-14-18-6-2-5-9-24(18)31)16-22(25)28(34)38-17-26(32)30-23-8-4-3-7-21(23)27(33)29-19-10-11-19/h2-9,12-13,16,19H,10-11,14-15,17H2,1H3,(H,29,33)(H,30,32). The normalized spacial score (nSPS) is 14.3. The number of nitrogens with zero attached hydrogens (tertiary/aromatic N) is 1. The second-order valence-corrected chi connectivity index (χ2v) is 11.1. The number of rotatable bonds is 9. The topological polar surface area (TPSA) is 131 Å². The maximum absolute atomic E-state index is 13.4. The van der Waals surface area contributed by atoms with Crippen molar-refractivity contribution in [3.8, 4) is 5.75 Å². The zero-order chi connectivity index (χ0) is 27.6. The number of ether oxygens (including phenoxy) is 2. The highest BCUT2D eigenvalue weighted by Crippen LogP contribution is 2.34. The Labute approximate surface area is 226 Å². The van der Waals surface area contributed by atoms with Gasteiger partial charge in [-0.25, -0.2) is 13.2 Å². The molecule has 1 aliphatic heterocycles. The van der Waals surface area contributed by atoms with Crippen LogP contribution in [-0.4, -0.2) is 52.5 Å². The van der Waals surface area contributed by atoms with Gasteiger partial charge in [-0.05, 0) is 61.2 Å². The highest BCUT2D eigenvalue weighted by atomic mass is 32.2. The van der Waals surface area contributed by atoms with Crippen LogP contribution in [-0.2, 0) is 26.0 Å². The molecule has 202 valence electrons. The Kier molecular flexibility index (Phi) is 7.25. The van der Waals surface area contributed by atoms with Crippen molar-refractivity contribution in [2.75, 3.05) is 29.9 Å². The molecule has 2 aliphatic rings. The highest BCUT2D eigenvalue weighted by Gasteiger charge is 2.32. The Balaban J connectivity index is 1.29. The van der Waals surface area contributed by atoms with E-state index in [1.165, 1.54) is 29.6 Å². The minimum absolute atomic E-state index is 0.100. The van der Waals surface area contributed by atoms with Gasteiger partial charge in [-0.3, -0.25) is 13.9 Å². The minimum Gasteiger partial charge on any atom is -0.496 e. The van der Waals surface area contributed by atoms with Crippen LogP contribution < -0.4 is 19.7 Å². The molecule has 5 rings (SSSR count). The summed E-state index contributed by atoms with van der Waals surface area (Å²) in [5.74, 6) is -1.79. The Morgan fingerprint density at radius 2 is 1.72 bits per heavy atom. The van der Waals surface area contributed by atoms with Crippen LogP contribution in [0.4, 0.5) is 11.4 Å². The van der Waals surface area contributed by atoms with Crippen molar-refractivity contribution in [3.05, 3.63) is 83.4 Å². The van der Waals surface area contributed by atoms with Gasteiger partial charge in [-0.2, -0.15) is 0 Å². The smallest absolute Gasteiger partial charge is 0.342 e. The molecule has 39 heavy (non-hydrogen) atoms. The second kappa shape index (κ2) is 10.8. The Morgan fingerprint density at radius 1 is 0.974 bits per heavy atom. The van der Waals surface area contributed by atoms with E-state index in [4.69, 9.17) is 9.47 Å². The fourth-order valence-electron chi connectivity index (χ4n) is 4.37. The van der Waals surface area contributed by atoms with E-state index in [2.05, 4.69) is 10.6 Å². The van der Waals surface area contributed by atoms with Crippen molar-refractivity contribution in [2.45, 2.75) is 30.2 Å². The molecule has 3 aromatic rings. The number of nitrogens with one attached hydrogen (secondary N) is 2. The molecule has 0 atom stereocenters. The first kappa shape index (κ1) is 26.2. The molecule has 2 amide bonds. The first-order valence-electron chi connectivity index (χ1n) is 12.4. The molecule has 10 nitrogen and oxygen atoms in total. The predicted molar refractivity (Wildman–Crippen MR) is 144 cm³/mol. The number of carbonyl (C=O) groups is 3. The summed E-state index contributed by atoms with van der Waals surface area (Å²) in [5, 5.41) is 5.46.